The van der Waals surface area contributed by atoms with E-state index in [1.165, 1.54) is 0 Å². The fraction of sp³-hybridized carbons (Fsp3) is 0.727. The summed E-state index contributed by atoms with van der Waals surface area (Å²) in [5.74, 6) is 0.200. The average molecular weight is 639 g/mol. The largest absolute Gasteiger partial charge is 0.462 e. The molecule has 0 bridgehead atoms. The Morgan fingerprint density at radius 1 is 1.27 bits per heavy atom. The number of likely N-dealkylation sites (tertiary alicyclic amines) is 1. The van der Waals surface area contributed by atoms with Crippen molar-refractivity contribution < 1.29 is 25.2 Å². The number of carbonyl (C=O) groups is 1. The molecule has 0 aromatic rings. The van der Waals surface area contributed by atoms with Gasteiger partial charge in [-0.2, -0.15) is 6.54 Å². The van der Waals surface area contributed by atoms with Gasteiger partial charge in [0.1, 0.15) is 0 Å². The summed E-state index contributed by atoms with van der Waals surface area (Å²) in [5, 5.41) is 0. The second-order valence-electron chi connectivity index (χ2n) is 2.38. The molecule has 2 nitrogen and oxygen atoms in total. The van der Waals surface area contributed by atoms with Gasteiger partial charge in [-0.25, -0.2) is 0 Å². The van der Waals surface area contributed by atoms with Crippen molar-refractivity contribution in [2.24, 2.45) is 0 Å². The van der Waals surface area contributed by atoms with E-state index in [0.717, 1.165) is 19.0 Å². The SMILES string of the molecule is CC.CC.CC(=O)[C-]1C[CH-]CN1C.[Re].[Rf]. The first-order chi connectivity index (χ1) is 6.22. The Morgan fingerprint density at radius 3 is 1.80 bits per heavy atom. The summed E-state index contributed by atoms with van der Waals surface area (Å²) in [6.07, 6.45) is 2.96. The Labute approximate surface area is 103 Å². The molecule has 0 atom stereocenters. The summed E-state index contributed by atoms with van der Waals surface area (Å²) in [5.41, 5.74) is 0. The fourth-order valence-electron chi connectivity index (χ4n) is 1.07. The van der Waals surface area contributed by atoms with Gasteiger partial charge in [-0.3, -0.25) is 12.5 Å². The molecule has 1 rings (SSSR count). The summed E-state index contributed by atoms with van der Waals surface area (Å²) < 4.78 is 0. The molecule has 0 aromatic heterocycles. The van der Waals surface area contributed by atoms with Gasteiger partial charge in [0.05, 0.1) is 0 Å². The molecule has 0 spiro atoms. The van der Waals surface area contributed by atoms with Crippen LogP contribution in [0.15, 0.2) is 0 Å². The number of likely N-dealkylation sites (N-methyl/N-ethyl adjacent to an activating group) is 1. The van der Waals surface area contributed by atoms with Gasteiger partial charge in [-0.1, -0.05) is 27.7 Å². The van der Waals surface area contributed by atoms with Gasteiger partial charge in [0.25, 0.3) is 0 Å². The van der Waals surface area contributed by atoms with Gasteiger partial charge in [-0.15, -0.1) is 0 Å². The number of carbonyl (C=O) groups excluding carboxylic acids is 1. The smallest absolute Gasteiger partial charge is 0.00909 e. The molecule has 1 aliphatic heterocycles. The third-order valence-electron chi connectivity index (χ3n) is 1.61. The second kappa shape index (κ2) is 15.6. The molecule has 1 aliphatic rings. The standard InChI is InChI=1S/C7H11NO.2C2H6.Re.Rf/c1-6(9)7-4-3-5-8(7)2;2*1-2;;/h3H,4-5H2,1-2H3;2*1-2H3;;/q-2;;;;. The Bertz CT molecular complexity index is 134. The zero-order valence-electron chi connectivity index (χ0n) is 10.9. The van der Waals surface area contributed by atoms with Gasteiger partial charge in [0.2, 0.25) is 0 Å². The third kappa shape index (κ3) is 9.47. The molecule has 1 radical (unpaired) electrons. The average Bonchev–Trinajstić information content (AvgIpc) is 2.58. The van der Waals surface area contributed by atoms with E-state index in [0.29, 0.717) is 0 Å². The summed E-state index contributed by atoms with van der Waals surface area (Å²) >= 11 is 0. The molecular weight excluding hydrogens is 615 g/mol. The van der Waals surface area contributed by atoms with Gasteiger partial charge in [0, 0.05) is 26.2 Å². The second-order valence-corrected chi connectivity index (χ2v) is 2.38. The van der Waals surface area contributed by atoms with E-state index in [-0.39, 0.29) is 26.2 Å². The number of nitrogens with zero attached hydrogens (tertiary/aromatic N) is 1. The molecule has 1 fully saturated rings. The normalized spacial score (nSPS) is 13.3. The van der Waals surface area contributed by atoms with Crippen molar-refractivity contribution in [1.29, 1.82) is 0 Å². The van der Waals surface area contributed by atoms with Gasteiger partial charge in [0.15, 0.2) is 0 Å². The van der Waals surface area contributed by atoms with Gasteiger partial charge >= 0.3 is 0 Å². The first-order valence-corrected chi connectivity index (χ1v) is 5.11. The van der Waals surface area contributed by atoms with E-state index in [4.69, 9.17) is 0 Å². The van der Waals surface area contributed by atoms with Crippen LogP contribution in [0.3, 0.4) is 0 Å². The number of hydrogen-bond acceptors (Lipinski definition) is 2. The number of hydrogen-bond donors (Lipinski definition) is 0. The monoisotopic (exact) mass is 639 g/mol. The van der Waals surface area contributed by atoms with Crippen molar-refractivity contribution in [2.45, 2.75) is 41.0 Å². The Balaban J connectivity index is -0.0000000910. The van der Waals surface area contributed by atoms with Crippen LogP contribution in [0.2, 0.25) is 0 Å². The molecule has 0 aliphatic carbocycles. The van der Waals surface area contributed by atoms with Gasteiger partial charge < -0.3 is 16.1 Å². The topological polar surface area (TPSA) is 20.3 Å². The molecule has 0 unspecified atom stereocenters. The fourth-order valence-corrected chi connectivity index (χ4v) is 1.07. The maximum absolute atomic E-state index is 10.8. The Kier molecular flexibility index (Phi) is 24.8. The van der Waals surface area contributed by atoms with E-state index in [1.54, 1.807) is 6.92 Å². The van der Waals surface area contributed by atoms with Crippen LogP contribution in [-0.2, 0) is 25.2 Å². The van der Waals surface area contributed by atoms with Gasteiger partial charge in [-0.05, 0) is 14.0 Å². The quantitative estimate of drug-likeness (QED) is 0.412. The summed E-state index contributed by atoms with van der Waals surface area (Å²) in [4.78, 5) is 12.7. The van der Waals surface area contributed by atoms with Crippen molar-refractivity contribution >= 4 is 5.78 Å². The van der Waals surface area contributed by atoms with E-state index < -0.39 is 0 Å². The van der Waals surface area contributed by atoms with E-state index in [9.17, 15) is 4.79 Å². The zero-order chi connectivity index (χ0) is 10.9. The molecule has 1 heterocycles. The van der Waals surface area contributed by atoms with Crippen molar-refractivity contribution in [3.63, 3.8) is 0 Å². The molecule has 0 aromatic carbocycles. The number of rotatable bonds is 1. The van der Waals surface area contributed by atoms with E-state index in [2.05, 4.69) is 6.42 Å². The number of Topliss-reactive ketones (excluding diaryl/α,β-unsaturated/α-hetero) is 1. The van der Waals surface area contributed by atoms with Crippen LogP contribution in [0.4, 0.5) is 0 Å². The van der Waals surface area contributed by atoms with Crippen molar-refractivity contribution in [2.75, 3.05) is 13.6 Å². The predicted molar refractivity (Wildman–Crippen MR) is 58.2 cm³/mol. The molecule has 1 saturated heterocycles. The molecule has 0 amide bonds. The zero-order valence-corrected chi connectivity index (χ0v) is 20.0. The maximum atomic E-state index is 10.8. The van der Waals surface area contributed by atoms with Crippen LogP contribution < -0.4 is 0 Å². The molecule has 89 valence electrons. The minimum absolute atomic E-state index is 0. The van der Waals surface area contributed by atoms with Crippen LogP contribution in [0.1, 0.15) is 41.0 Å². The van der Waals surface area contributed by atoms with Crippen LogP contribution >= 0.6 is 0 Å². The molecule has 15 heavy (non-hydrogen) atoms. The van der Waals surface area contributed by atoms with Crippen LogP contribution in [0, 0.1) is 12.5 Å². The molecule has 0 N–H and O–H groups in total. The minimum atomic E-state index is 0. The van der Waals surface area contributed by atoms with Crippen molar-refractivity contribution in [1.82, 2.24) is 4.90 Å². The van der Waals surface area contributed by atoms with E-state index >= 15 is 0 Å². The summed E-state index contributed by atoms with van der Waals surface area (Å²) in [6.45, 7) is 10.5. The van der Waals surface area contributed by atoms with Crippen LogP contribution in [0.25, 0.3) is 0 Å². The Morgan fingerprint density at radius 2 is 1.67 bits per heavy atom. The van der Waals surface area contributed by atoms with Crippen LogP contribution in [0.5, 0.6) is 0 Å². The first-order valence-electron chi connectivity index (χ1n) is 5.11. The summed E-state index contributed by atoms with van der Waals surface area (Å²) in [6, 6.07) is 0.940. The number of ketones is 1. The minimum Gasteiger partial charge on any atom is -0.462 e. The molecular formula is C11H23NOReRf-2. The van der Waals surface area contributed by atoms with Crippen molar-refractivity contribution in [3.05, 3.63) is 12.5 Å². The van der Waals surface area contributed by atoms with E-state index in [1.807, 2.05) is 39.6 Å². The van der Waals surface area contributed by atoms with Crippen molar-refractivity contribution in [3.8, 4) is 0 Å². The van der Waals surface area contributed by atoms with Crippen LogP contribution in [-0.4, -0.2) is 24.3 Å². The maximum Gasteiger partial charge on any atom is 0.00909 e. The third-order valence-corrected chi connectivity index (χ3v) is 1.61. The molecule has 4 heteroatoms. The summed E-state index contributed by atoms with van der Waals surface area (Å²) in [7, 11) is 1.94. The predicted octanol–water partition coefficient (Wildman–Crippen LogP) is 2.70. The first kappa shape index (κ1) is 23.8. The Hall–Kier alpha value is -0.838. The molecule has 0 saturated carbocycles.